The lowest BCUT2D eigenvalue weighted by Gasteiger charge is -2.33. The topological polar surface area (TPSA) is 64.2 Å². The molecule has 1 aromatic carbocycles. The average Bonchev–Trinajstić information content (AvgIpc) is 3.44. The highest BCUT2D eigenvalue weighted by Gasteiger charge is 2.36. The van der Waals surface area contributed by atoms with E-state index in [0.29, 0.717) is 18.5 Å². The predicted octanol–water partition coefficient (Wildman–Crippen LogP) is 3.54. The van der Waals surface area contributed by atoms with Gasteiger partial charge in [0.05, 0.1) is 11.7 Å². The smallest absolute Gasteiger partial charge is 0.224 e. The van der Waals surface area contributed by atoms with E-state index >= 15 is 0 Å². The molecule has 1 unspecified atom stereocenters. The Hall–Kier alpha value is -2.06. The first-order chi connectivity index (χ1) is 13.8. The number of benzene rings is 1. The molecule has 30 heavy (non-hydrogen) atoms. The Morgan fingerprint density at radius 3 is 2.57 bits per heavy atom. The molecule has 1 amide bonds. The summed E-state index contributed by atoms with van der Waals surface area (Å²) in [5, 5.41) is 0. The quantitative estimate of drug-likeness (QED) is 0.720. The summed E-state index contributed by atoms with van der Waals surface area (Å²) in [4.78, 5) is 19.4. The van der Waals surface area contributed by atoms with Gasteiger partial charge in [0.25, 0.3) is 0 Å². The van der Waals surface area contributed by atoms with Crippen molar-refractivity contribution in [2.75, 3.05) is 6.54 Å². The maximum absolute atomic E-state index is 13.9. The number of amides is 1. The van der Waals surface area contributed by atoms with Crippen LogP contribution in [0.5, 0.6) is 0 Å². The van der Waals surface area contributed by atoms with Gasteiger partial charge in [-0.25, -0.2) is 18.2 Å². The first-order valence-electron chi connectivity index (χ1n) is 10.00. The Morgan fingerprint density at radius 1 is 1.23 bits per heavy atom. The van der Waals surface area contributed by atoms with E-state index in [4.69, 9.17) is 10.7 Å². The number of nitrogens with two attached hydrogens (primary N) is 1. The van der Waals surface area contributed by atoms with Crippen molar-refractivity contribution in [2.45, 2.75) is 57.0 Å². The van der Waals surface area contributed by atoms with Crippen LogP contribution in [0.4, 0.5) is 13.2 Å². The van der Waals surface area contributed by atoms with Crippen molar-refractivity contribution < 1.29 is 18.0 Å². The molecule has 9 heteroatoms. The predicted molar refractivity (Wildman–Crippen MR) is 109 cm³/mol. The molecule has 0 spiro atoms. The molecule has 1 aromatic heterocycles. The third-order valence-electron chi connectivity index (χ3n) is 6.00. The van der Waals surface area contributed by atoms with Crippen LogP contribution in [0.25, 0.3) is 0 Å². The van der Waals surface area contributed by atoms with Crippen LogP contribution in [-0.2, 0) is 24.7 Å². The van der Waals surface area contributed by atoms with Crippen molar-refractivity contribution >= 4 is 18.3 Å². The highest BCUT2D eigenvalue weighted by molar-refractivity contribution is 5.85. The number of imidazole rings is 1. The molecule has 1 aliphatic carbocycles. The Balaban J connectivity index is 0.00000256. The number of halogens is 4. The molecule has 2 N–H and O–H groups in total. The van der Waals surface area contributed by atoms with E-state index < -0.39 is 23.5 Å². The Bertz CT molecular complexity index is 960. The first-order valence-corrected chi connectivity index (χ1v) is 10.00. The van der Waals surface area contributed by atoms with Crippen LogP contribution in [-0.4, -0.2) is 32.9 Å². The number of fused-ring (bicyclic) bond motifs is 1. The monoisotopic (exact) mass is 442 g/mol. The standard InChI is InChI=1S/C21H25F3N4O.ClH/c1-11-20-18(27(2)21(26-20)12-3-4-12)5-6-28(11)19(29)9-14(25)7-13-8-16(23)17(24)10-15(13)22;/h8,10-12,14H,3-7,9,25H2,1-2H3;1H/t11?,14-;/m1./s1. The van der Waals surface area contributed by atoms with Gasteiger partial charge in [-0.15, -0.1) is 12.4 Å². The van der Waals surface area contributed by atoms with Gasteiger partial charge in [-0.3, -0.25) is 4.79 Å². The molecule has 1 fully saturated rings. The van der Waals surface area contributed by atoms with Crippen LogP contribution in [0, 0.1) is 17.5 Å². The number of hydrogen-bond acceptors (Lipinski definition) is 3. The minimum Gasteiger partial charge on any atom is -0.334 e. The maximum Gasteiger partial charge on any atom is 0.224 e. The molecule has 0 radical (unpaired) electrons. The van der Waals surface area contributed by atoms with Gasteiger partial charge in [-0.2, -0.15) is 0 Å². The van der Waals surface area contributed by atoms with Crippen LogP contribution in [0.3, 0.4) is 0 Å². The molecular weight excluding hydrogens is 417 g/mol. The lowest BCUT2D eigenvalue weighted by Crippen LogP contribution is -2.42. The summed E-state index contributed by atoms with van der Waals surface area (Å²) < 4.78 is 42.5. The second-order valence-electron chi connectivity index (χ2n) is 8.17. The van der Waals surface area contributed by atoms with Gasteiger partial charge in [0.2, 0.25) is 5.91 Å². The highest BCUT2D eigenvalue weighted by Crippen LogP contribution is 2.41. The lowest BCUT2D eigenvalue weighted by atomic mass is 10.00. The summed E-state index contributed by atoms with van der Waals surface area (Å²) in [5.41, 5.74) is 8.12. The molecule has 2 heterocycles. The largest absolute Gasteiger partial charge is 0.334 e. The maximum atomic E-state index is 13.9. The summed E-state index contributed by atoms with van der Waals surface area (Å²) in [6.45, 7) is 2.53. The van der Waals surface area contributed by atoms with Crippen LogP contribution < -0.4 is 5.73 Å². The molecular formula is C21H26ClF3N4O. The molecule has 164 valence electrons. The molecule has 4 rings (SSSR count). The van der Waals surface area contributed by atoms with Gasteiger partial charge < -0.3 is 15.2 Å². The van der Waals surface area contributed by atoms with Crippen molar-refractivity contribution in [1.82, 2.24) is 14.5 Å². The second-order valence-corrected chi connectivity index (χ2v) is 8.17. The van der Waals surface area contributed by atoms with Gasteiger partial charge in [-0.1, -0.05) is 0 Å². The van der Waals surface area contributed by atoms with Gasteiger partial charge in [0, 0.05) is 50.2 Å². The molecule has 1 saturated carbocycles. The van der Waals surface area contributed by atoms with Crippen molar-refractivity contribution in [3.05, 3.63) is 52.4 Å². The SMILES string of the molecule is CC1c2nc(C3CC3)n(C)c2CCN1C(=O)C[C@H](N)Cc1cc(F)c(F)cc1F.Cl. The van der Waals surface area contributed by atoms with E-state index in [0.717, 1.165) is 36.8 Å². The Morgan fingerprint density at radius 2 is 1.90 bits per heavy atom. The third-order valence-corrected chi connectivity index (χ3v) is 6.00. The van der Waals surface area contributed by atoms with Crippen LogP contribution >= 0.6 is 12.4 Å². The third kappa shape index (κ3) is 4.21. The molecule has 0 bridgehead atoms. The van der Waals surface area contributed by atoms with E-state index in [1.807, 2.05) is 14.0 Å². The van der Waals surface area contributed by atoms with Crippen LogP contribution in [0.15, 0.2) is 12.1 Å². The number of aromatic nitrogens is 2. The first kappa shape index (κ1) is 22.6. The minimum absolute atomic E-state index is 0. The Labute approximate surface area is 179 Å². The zero-order chi connectivity index (χ0) is 20.9. The summed E-state index contributed by atoms with van der Waals surface area (Å²) >= 11 is 0. The zero-order valence-electron chi connectivity index (χ0n) is 17.0. The normalized spacial score (nSPS) is 19.3. The fraction of sp³-hybridized carbons (Fsp3) is 0.524. The second kappa shape index (κ2) is 8.59. The molecule has 2 aromatic rings. The Kier molecular flexibility index (Phi) is 6.48. The molecule has 0 saturated heterocycles. The van der Waals surface area contributed by atoms with E-state index in [9.17, 15) is 18.0 Å². The van der Waals surface area contributed by atoms with Gasteiger partial charge >= 0.3 is 0 Å². The number of nitrogens with zero attached hydrogens (tertiary/aromatic N) is 3. The summed E-state index contributed by atoms with van der Waals surface area (Å²) in [6.07, 6.45) is 3.01. The summed E-state index contributed by atoms with van der Waals surface area (Å²) in [7, 11) is 2.04. The van der Waals surface area contributed by atoms with Gasteiger partial charge in [0.1, 0.15) is 11.6 Å². The van der Waals surface area contributed by atoms with E-state index in [1.54, 1.807) is 4.90 Å². The molecule has 1 aliphatic heterocycles. The average molecular weight is 443 g/mol. The zero-order valence-corrected chi connectivity index (χ0v) is 17.8. The van der Waals surface area contributed by atoms with E-state index in [1.165, 1.54) is 5.69 Å². The fourth-order valence-electron chi connectivity index (χ4n) is 4.23. The number of hydrogen-bond donors (Lipinski definition) is 1. The van der Waals surface area contributed by atoms with Crippen molar-refractivity contribution in [3.8, 4) is 0 Å². The lowest BCUT2D eigenvalue weighted by molar-refractivity contribution is -0.134. The number of carbonyl (C=O) groups is 1. The van der Waals surface area contributed by atoms with Crippen molar-refractivity contribution in [3.63, 3.8) is 0 Å². The number of carbonyl (C=O) groups excluding carboxylic acids is 1. The fourth-order valence-corrected chi connectivity index (χ4v) is 4.23. The molecule has 2 atom stereocenters. The summed E-state index contributed by atoms with van der Waals surface area (Å²) in [5.74, 6) is -1.74. The highest BCUT2D eigenvalue weighted by atomic mass is 35.5. The molecule has 5 nitrogen and oxygen atoms in total. The van der Waals surface area contributed by atoms with Crippen LogP contribution in [0.1, 0.15) is 60.9 Å². The van der Waals surface area contributed by atoms with Crippen molar-refractivity contribution in [1.29, 1.82) is 0 Å². The van der Waals surface area contributed by atoms with Crippen LogP contribution in [0.2, 0.25) is 0 Å². The number of rotatable bonds is 5. The minimum atomic E-state index is -1.24. The van der Waals surface area contributed by atoms with Crippen molar-refractivity contribution in [2.24, 2.45) is 12.8 Å². The van der Waals surface area contributed by atoms with Gasteiger partial charge in [0.15, 0.2) is 11.6 Å². The summed E-state index contributed by atoms with van der Waals surface area (Å²) in [6, 6.07) is 0.461. The molecule has 2 aliphatic rings. The van der Waals surface area contributed by atoms with E-state index in [2.05, 4.69) is 4.57 Å². The van der Waals surface area contributed by atoms with Gasteiger partial charge in [-0.05, 0) is 37.8 Å². The van der Waals surface area contributed by atoms with E-state index in [-0.39, 0.29) is 42.8 Å².